The molecule has 1 fully saturated rings. The van der Waals surface area contributed by atoms with Crippen molar-refractivity contribution >= 4 is 11.7 Å². The zero-order valence-electron chi connectivity index (χ0n) is 10.2. The molecule has 1 aromatic rings. The minimum Gasteiger partial charge on any atom is -0.478 e. The highest BCUT2D eigenvalue weighted by Crippen LogP contribution is 2.40. The molecule has 3 rings (SSSR count). The number of carboxylic acids is 1. The topological polar surface area (TPSA) is 58.9 Å². The number of carbonyl (C=O) groups is 1. The number of hydrogen-bond donors (Lipinski definition) is 1. The first-order chi connectivity index (χ1) is 8.58. The predicted octanol–water partition coefficient (Wildman–Crippen LogP) is 2.53. The molecule has 0 spiro atoms. The van der Waals surface area contributed by atoms with E-state index in [2.05, 4.69) is 17.3 Å². The minimum absolute atomic E-state index is 0.316. The molecule has 1 aliphatic heterocycles. The largest absolute Gasteiger partial charge is 0.478 e. The van der Waals surface area contributed by atoms with Gasteiger partial charge in [0.1, 0.15) is 0 Å². The molecule has 0 bridgehead atoms. The van der Waals surface area contributed by atoms with Crippen LogP contribution in [0.25, 0.3) is 0 Å². The van der Waals surface area contributed by atoms with Crippen molar-refractivity contribution < 1.29 is 14.7 Å². The Balaban J connectivity index is 1.84. The van der Waals surface area contributed by atoms with Crippen molar-refractivity contribution in [1.29, 1.82) is 0 Å². The summed E-state index contributed by atoms with van der Waals surface area (Å²) in [5.74, 6) is -0.293. The Morgan fingerprint density at radius 1 is 1.50 bits per heavy atom. The van der Waals surface area contributed by atoms with Gasteiger partial charge in [0.05, 0.1) is 5.71 Å². The van der Waals surface area contributed by atoms with Crippen LogP contribution < -0.4 is 0 Å². The summed E-state index contributed by atoms with van der Waals surface area (Å²) in [6, 6.07) is 8.19. The van der Waals surface area contributed by atoms with E-state index in [1.165, 1.54) is 18.4 Å². The van der Waals surface area contributed by atoms with E-state index in [-0.39, 0.29) is 0 Å². The summed E-state index contributed by atoms with van der Waals surface area (Å²) in [7, 11) is 0. The van der Waals surface area contributed by atoms with Crippen LogP contribution in [-0.2, 0) is 9.63 Å². The molecular formula is C14H15NO3. The van der Waals surface area contributed by atoms with Gasteiger partial charge in [-0.3, -0.25) is 0 Å². The van der Waals surface area contributed by atoms with E-state index in [9.17, 15) is 4.79 Å². The highest BCUT2D eigenvalue weighted by Gasteiger charge is 2.42. The first kappa shape index (κ1) is 11.3. The lowest BCUT2D eigenvalue weighted by Crippen LogP contribution is -2.35. The molecule has 1 heterocycles. The van der Waals surface area contributed by atoms with Gasteiger partial charge in [-0.15, -0.1) is 0 Å². The monoisotopic (exact) mass is 245 g/mol. The van der Waals surface area contributed by atoms with E-state index < -0.39 is 11.6 Å². The van der Waals surface area contributed by atoms with Gasteiger partial charge in [0.25, 0.3) is 0 Å². The number of aliphatic carboxylic acids is 1. The van der Waals surface area contributed by atoms with Crippen molar-refractivity contribution in [3.8, 4) is 0 Å². The van der Waals surface area contributed by atoms with Crippen LogP contribution in [0.4, 0.5) is 0 Å². The summed E-state index contributed by atoms with van der Waals surface area (Å²) >= 11 is 0. The highest BCUT2D eigenvalue weighted by atomic mass is 16.7. The lowest BCUT2D eigenvalue weighted by Gasteiger charge is -2.14. The van der Waals surface area contributed by atoms with Crippen molar-refractivity contribution in [2.45, 2.75) is 37.7 Å². The Morgan fingerprint density at radius 3 is 2.89 bits per heavy atom. The summed E-state index contributed by atoms with van der Waals surface area (Å²) in [4.78, 5) is 16.2. The lowest BCUT2D eigenvalue weighted by molar-refractivity contribution is -0.160. The fraction of sp³-hybridized carbons (Fsp3) is 0.429. The summed E-state index contributed by atoms with van der Waals surface area (Å²) in [5.41, 5.74) is 1.80. The Morgan fingerprint density at radius 2 is 2.28 bits per heavy atom. The second-order valence-corrected chi connectivity index (χ2v) is 5.24. The summed E-state index contributed by atoms with van der Waals surface area (Å²) in [6.07, 6.45) is 2.81. The fourth-order valence-corrected chi connectivity index (χ4v) is 2.20. The van der Waals surface area contributed by atoms with Gasteiger partial charge in [-0.25, -0.2) is 4.79 Å². The van der Waals surface area contributed by atoms with Gasteiger partial charge in [-0.2, -0.15) is 0 Å². The SMILES string of the molecule is CC1(C(=O)O)CC(c2cccc(C3CC3)c2)=NO1. The molecule has 1 unspecified atom stereocenters. The maximum absolute atomic E-state index is 11.1. The van der Waals surface area contributed by atoms with Gasteiger partial charge < -0.3 is 9.94 Å². The smallest absolute Gasteiger partial charge is 0.351 e. The standard InChI is InChI=1S/C14H15NO3/c1-14(13(16)17)8-12(15-18-14)11-4-2-3-10(7-11)9-5-6-9/h2-4,7,9H,5-6,8H2,1H3,(H,16,17). The van der Waals surface area contributed by atoms with Gasteiger partial charge in [-0.1, -0.05) is 23.4 Å². The number of hydrogen-bond acceptors (Lipinski definition) is 3. The van der Waals surface area contributed by atoms with Crippen molar-refractivity contribution in [2.75, 3.05) is 0 Å². The van der Waals surface area contributed by atoms with E-state index >= 15 is 0 Å². The Hall–Kier alpha value is -1.84. The van der Waals surface area contributed by atoms with Gasteiger partial charge >= 0.3 is 5.97 Å². The molecule has 0 radical (unpaired) electrons. The molecule has 4 heteroatoms. The van der Waals surface area contributed by atoms with Crippen molar-refractivity contribution in [3.05, 3.63) is 35.4 Å². The normalized spacial score (nSPS) is 26.6. The van der Waals surface area contributed by atoms with Gasteiger partial charge in [0.15, 0.2) is 0 Å². The Kier molecular flexibility index (Phi) is 2.40. The molecule has 2 aliphatic rings. The Labute approximate surface area is 105 Å². The van der Waals surface area contributed by atoms with Crippen LogP contribution >= 0.6 is 0 Å². The second kappa shape index (κ2) is 3.83. The first-order valence-corrected chi connectivity index (χ1v) is 6.17. The third-order valence-corrected chi connectivity index (χ3v) is 3.58. The van der Waals surface area contributed by atoms with Crippen LogP contribution in [-0.4, -0.2) is 22.4 Å². The third-order valence-electron chi connectivity index (χ3n) is 3.58. The molecule has 1 aromatic carbocycles. The quantitative estimate of drug-likeness (QED) is 0.890. The molecular weight excluding hydrogens is 230 g/mol. The fourth-order valence-electron chi connectivity index (χ4n) is 2.20. The van der Waals surface area contributed by atoms with Crippen LogP contribution in [0.5, 0.6) is 0 Å². The summed E-state index contributed by atoms with van der Waals surface area (Å²) < 4.78 is 0. The molecule has 1 saturated carbocycles. The maximum Gasteiger partial charge on any atom is 0.351 e. The number of rotatable bonds is 3. The van der Waals surface area contributed by atoms with E-state index in [4.69, 9.17) is 9.94 Å². The minimum atomic E-state index is -1.22. The zero-order valence-corrected chi connectivity index (χ0v) is 10.2. The third kappa shape index (κ3) is 1.88. The van der Waals surface area contributed by atoms with Gasteiger partial charge in [0.2, 0.25) is 5.60 Å². The van der Waals surface area contributed by atoms with Gasteiger partial charge in [0, 0.05) is 6.42 Å². The maximum atomic E-state index is 11.1. The van der Waals surface area contributed by atoms with Crippen molar-refractivity contribution in [1.82, 2.24) is 0 Å². The average Bonchev–Trinajstić information content (AvgIpc) is 3.13. The predicted molar refractivity (Wildman–Crippen MR) is 66.7 cm³/mol. The molecule has 1 aliphatic carbocycles. The molecule has 4 nitrogen and oxygen atoms in total. The highest BCUT2D eigenvalue weighted by molar-refractivity contribution is 6.04. The van der Waals surface area contributed by atoms with Gasteiger partial charge in [-0.05, 0) is 42.9 Å². The molecule has 1 atom stereocenters. The molecule has 0 saturated heterocycles. The molecule has 0 amide bonds. The van der Waals surface area contributed by atoms with E-state index in [1.807, 2.05) is 12.1 Å². The van der Waals surface area contributed by atoms with Crippen molar-refractivity contribution in [2.24, 2.45) is 5.16 Å². The molecule has 1 N–H and O–H groups in total. The lowest BCUT2D eigenvalue weighted by atomic mass is 9.95. The second-order valence-electron chi connectivity index (χ2n) is 5.24. The first-order valence-electron chi connectivity index (χ1n) is 6.17. The molecule has 0 aromatic heterocycles. The van der Waals surface area contributed by atoms with Crippen LogP contribution in [0.1, 0.15) is 43.2 Å². The van der Waals surface area contributed by atoms with Crippen molar-refractivity contribution in [3.63, 3.8) is 0 Å². The van der Waals surface area contributed by atoms with E-state index in [1.54, 1.807) is 6.92 Å². The number of carboxylic acid groups (broad SMARTS) is 1. The number of nitrogens with zero attached hydrogens (tertiary/aromatic N) is 1. The number of benzene rings is 1. The van der Waals surface area contributed by atoms with Crippen LogP contribution in [0.3, 0.4) is 0 Å². The zero-order chi connectivity index (χ0) is 12.8. The van der Waals surface area contributed by atoms with E-state index in [0.717, 1.165) is 11.3 Å². The molecule has 94 valence electrons. The van der Waals surface area contributed by atoms with Crippen LogP contribution in [0.2, 0.25) is 0 Å². The summed E-state index contributed by atoms with van der Waals surface area (Å²) in [6.45, 7) is 1.55. The Bertz CT molecular complexity index is 534. The average molecular weight is 245 g/mol. The van der Waals surface area contributed by atoms with Crippen LogP contribution in [0, 0.1) is 0 Å². The van der Waals surface area contributed by atoms with E-state index in [0.29, 0.717) is 12.3 Å². The molecule has 18 heavy (non-hydrogen) atoms. The number of oxime groups is 1. The summed E-state index contributed by atoms with van der Waals surface area (Å²) in [5, 5.41) is 13.0. The van der Waals surface area contributed by atoms with Crippen LogP contribution in [0.15, 0.2) is 29.4 Å².